The molecular formula is C33H40Cl2N2O2. The van der Waals surface area contributed by atoms with Crippen molar-refractivity contribution >= 4 is 34.8 Å². The number of anilines is 1. The van der Waals surface area contributed by atoms with Crippen LogP contribution < -0.4 is 9.64 Å². The lowest BCUT2D eigenvalue weighted by Crippen LogP contribution is -2.33. The van der Waals surface area contributed by atoms with Gasteiger partial charge in [-0.2, -0.15) is 0 Å². The van der Waals surface area contributed by atoms with Crippen LogP contribution in [0.1, 0.15) is 68.6 Å². The molecule has 1 fully saturated rings. The van der Waals surface area contributed by atoms with Gasteiger partial charge >= 0.3 is 0 Å². The summed E-state index contributed by atoms with van der Waals surface area (Å²) in [6, 6.07) is 22.8. The van der Waals surface area contributed by atoms with E-state index < -0.39 is 0 Å². The predicted octanol–water partition coefficient (Wildman–Crippen LogP) is 8.36. The van der Waals surface area contributed by atoms with E-state index in [1.807, 2.05) is 44.0 Å². The van der Waals surface area contributed by atoms with E-state index in [1.54, 1.807) is 0 Å². The van der Waals surface area contributed by atoms with Crippen LogP contribution in [-0.2, 0) is 11.2 Å². The fourth-order valence-corrected chi connectivity index (χ4v) is 5.74. The molecule has 1 saturated heterocycles. The topological polar surface area (TPSA) is 32.8 Å². The number of carbonyl (C=O) groups excluding carboxylic acids is 1. The zero-order chi connectivity index (χ0) is 27.9. The van der Waals surface area contributed by atoms with Crippen LogP contribution in [0.4, 0.5) is 5.69 Å². The number of hydrogen-bond acceptors (Lipinski definition) is 3. The molecule has 39 heavy (non-hydrogen) atoms. The molecule has 0 saturated carbocycles. The highest BCUT2D eigenvalue weighted by atomic mass is 35.5. The minimum Gasteiger partial charge on any atom is -0.489 e. The largest absolute Gasteiger partial charge is 0.489 e. The van der Waals surface area contributed by atoms with Gasteiger partial charge in [-0.15, -0.1) is 0 Å². The molecule has 0 N–H and O–H groups in total. The first-order valence-electron chi connectivity index (χ1n) is 14.0. The summed E-state index contributed by atoms with van der Waals surface area (Å²) in [7, 11) is 1.87. The van der Waals surface area contributed by atoms with Gasteiger partial charge in [0.2, 0.25) is 5.91 Å². The predicted molar refractivity (Wildman–Crippen MR) is 164 cm³/mol. The van der Waals surface area contributed by atoms with Crippen LogP contribution in [0, 0.1) is 0 Å². The Balaban J connectivity index is 1.42. The number of carbonyl (C=O) groups is 1. The summed E-state index contributed by atoms with van der Waals surface area (Å²) in [6.45, 7) is 8.82. The molecule has 1 unspecified atom stereocenters. The highest BCUT2D eigenvalue weighted by Gasteiger charge is 2.24. The number of piperidine rings is 1. The van der Waals surface area contributed by atoms with Crippen molar-refractivity contribution in [2.24, 2.45) is 0 Å². The smallest absolute Gasteiger partial charge is 0.226 e. The lowest BCUT2D eigenvalue weighted by atomic mass is 9.89. The van der Waals surface area contributed by atoms with Gasteiger partial charge in [-0.1, -0.05) is 72.6 Å². The standard InChI is InChI=1S/C33H40Cl2N2O2/c1-5-25(28-12-13-29(34)30(35)21-28)22-36(4)33(38)20-24-11-14-31(32(19-24)39-23(2)3)37-17-15-27(16-18-37)26-9-7-6-8-10-26/h6-14,19,21,23,25,27H,5,15-18,20,22H2,1-4H3. The summed E-state index contributed by atoms with van der Waals surface area (Å²) in [5.41, 5.74) is 4.61. The molecule has 6 heteroatoms. The summed E-state index contributed by atoms with van der Waals surface area (Å²) in [5, 5.41) is 1.09. The second-order valence-corrected chi connectivity index (χ2v) is 11.7. The third kappa shape index (κ3) is 7.70. The van der Waals surface area contributed by atoms with Crippen LogP contribution in [0.5, 0.6) is 5.75 Å². The highest BCUT2D eigenvalue weighted by molar-refractivity contribution is 6.42. The van der Waals surface area contributed by atoms with Crippen molar-refractivity contribution in [1.82, 2.24) is 4.90 Å². The molecule has 0 spiro atoms. The Hall–Kier alpha value is -2.69. The van der Waals surface area contributed by atoms with Crippen molar-refractivity contribution in [3.63, 3.8) is 0 Å². The van der Waals surface area contributed by atoms with E-state index in [2.05, 4.69) is 60.4 Å². The third-order valence-electron chi connectivity index (χ3n) is 7.68. The summed E-state index contributed by atoms with van der Waals surface area (Å²) < 4.78 is 6.26. The maximum atomic E-state index is 13.2. The quantitative estimate of drug-likeness (QED) is 0.247. The van der Waals surface area contributed by atoms with Crippen LogP contribution in [0.3, 0.4) is 0 Å². The average molecular weight is 568 g/mol. The molecule has 1 aliphatic rings. The zero-order valence-electron chi connectivity index (χ0n) is 23.5. The van der Waals surface area contributed by atoms with Gasteiger partial charge < -0.3 is 14.5 Å². The van der Waals surface area contributed by atoms with Crippen LogP contribution in [-0.4, -0.2) is 43.6 Å². The number of hydrogen-bond donors (Lipinski definition) is 0. The molecule has 4 rings (SSSR count). The minimum absolute atomic E-state index is 0.0516. The number of halogens is 2. The Morgan fingerprint density at radius 1 is 1.00 bits per heavy atom. The first kappa shape index (κ1) is 29.3. The van der Waals surface area contributed by atoms with Crippen molar-refractivity contribution in [1.29, 1.82) is 0 Å². The fourth-order valence-electron chi connectivity index (χ4n) is 5.44. The van der Waals surface area contributed by atoms with E-state index in [1.165, 1.54) is 5.56 Å². The summed E-state index contributed by atoms with van der Waals surface area (Å²) in [5.74, 6) is 1.73. The molecule has 3 aromatic carbocycles. The van der Waals surface area contributed by atoms with Crippen molar-refractivity contribution in [2.45, 2.75) is 64.4 Å². The molecule has 208 valence electrons. The Morgan fingerprint density at radius 2 is 1.72 bits per heavy atom. The zero-order valence-corrected chi connectivity index (χ0v) is 25.0. The molecule has 1 amide bonds. The Labute approximate surface area is 243 Å². The van der Waals surface area contributed by atoms with E-state index in [4.69, 9.17) is 27.9 Å². The molecule has 1 aliphatic heterocycles. The Bertz CT molecular complexity index is 1240. The second-order valence-electron chi connectivity index (χ2n) is 10.9. The molecular weight excluding hydrogens is 527 g/mol. The first-order valence-corrected chi connectivity index (χ1v) is 14.8. The SMILES string of the molecule is CCC(CN(C)C(=O)Cc1ccc(N2CCC(c3ccccc3)CC2)c(OC(C)C)c1)c1ccc(Cl)c(Cl)c1. The monoisotopic (exact) mass is 566 g/mol. The Morgan fingerprint density at radius 3 is 2.36 bits per heavy atom. The third-order valence-corrected chi connectivity index (χ3v) is 8.42. The molecule has 0 bridgehead atoms. The normalized spacial score (nSPS) is 14.9. The van der Waals surface area contributed by atoms with E-state index in [0.29, 0.717) is 28.9 Å². The van der Waals surface area contributed by atoms with Crippen LogP contribution in [0.15, 0.2) is 66.7 Å². The Kier molecular flexibility index (Phi) is 10.2. The number of likely N-dealkylation sites (N-methyl/N-ethyl adjacent to an activating group) is 1. The summed E-state index contributed by atoms with van der Waals surface area (Å²) >= 11 is 12.4. The molecule has 0 aliphatic carbocycles. The number of ether oxygens (including phenoxy) is 1. The molecule has 0 radical (unpaired) electrons. The molecule has 4 nitrogen and oxygen atoms in total. The molecule has 1 atom stereocenters. The van der Waals surface area contributed by atoms with Gasteiger partial charge in [0.15, 0.2) is 0 Å². The molecule has 3 aromatic rings. The summed E-state index contributed by atoms with van der Waals surface area (Å²) in [4.78, 5) is 17.5. The minimum atomic E-state index is 0.0516. The number of benzene rings is 3. The lowest BCUT2D eigenvalue weighted by molar-refractivity contribution is -0.129. The van der Waals surface area contributed by atoms with Gasteiger partial charge in [-0.3, -0.25) is 4.79 Å². The van der Waals surface area contributed by atoms with E-state index in [-0.39, 0.29) is 17.9 Å². The van der Waals surface area contributed by atoms with Gasteiger partial charge in [0.05, 0.1) is 28.3 Å². The van der Waals surface area contributed by atoms with E-state index >= 15 is 0 Å². The van der Waals surface area contributed by atoms with Crippen molar-refractivity contribution in [3.05, 3.63) is 93.5 Å². The van der Waals surface area contributed by atoms with Crippen molar-refractivity contribution < 1.29 is 9.53 Å². The van der Waals surface area contributed by atoms with E-state index in [9.17, 15) is 4.79 Å². The number of rotatable bonds is 10. The van der Waals surface area contributed by atoms with Gasteiger partial charge in [-0.05, 0) is 80.0 Å². The van der Waals surface area contributed by atoms with E-state index in [0.717, 1.165) is 54.9 Å². The van der Waals surface area contributed by atoms with Gasteiger partial charge in [0.25, 0.3) is 0 Å². The highest BCUT2D eigenvalue weighted by Crippen LogP contribution is 2.36. The number of nitrogens with zero attached hydrogens (tertiary/aromatic N) is 2. The summed E-state index contributed by atoms with van der Waals surface area (Å²) in [6.07, 6.45) is 3.52. The van der Waals surface area contributed by atoms with Crippen molar-refractivity contribution in [3.8, 4) is 5.75 Å². The van der Waals surface area contributed by atoms with Crippen LogP contribution >= 0.6 is 23.2 Å². The van der Waals surface area contributed by atoms with Crippen molar-refractivity contribution in [2.75, 3.05) is 31.6 Å². The lowest BCUT2D eigenvalue weighted by Gasteiger charge is -2.35. The van der Waals surface area contributed by atoms with Gasteiger partial charge in [0.1, 0.15) is 5.75 Å². The maximum Gasteiger partial charge on any atom is 0.226 e. The molecule has 1 heterocycles. The van der Waals surface area contributed by atoms with Crippen LogP contribution in [0.2, 0.25) is 10.0 Å². The van der Waals surface area contributed by atoms with Gasteiger partial charge in [-0.25, -0.2) is 0 Å². The van der Waals surface area contributed by atoms with Crippen LogP contribution in [0.25, 0.3) is 0 Å². The first-order chi connectivity index (χ1) is 18.7. The number of amides is 1. The fraction of sp³-hybridized carbons (Fsp3) is 0.424. The second kappa shape index (κ2) is 13.6. The van der Waals surface area contributed by atoms with Gasteiger partial charge in [0, 0.05) is 32.6 Å². The average Bonchev–Trinajstić information content (AvgIpc) is 2.93. The maximum absolute atomic E-state index is 13.2. The molecule has 0 aromatic heterocycles.